The summed E-state index contributed by atoms with van der Waals surface area (Å²) in [5.41, 5.74) is 9.73. The van der Waals surface area contributed by atoms with Crippen LogP contribution >= 0.6 is 15.9 Å². The molecule has 0 bridgehead atoms. The molecule has 0 saturated carbocycles. The molecule has 2 N–H and O–H groups in total. The van der Waals surface area contributed by atoms with Crippen molar-refractivity contribution in [2.45, 2.75) is 26.3 Å². The molecular formula is C17H20BrNO. The molecule has 0 aliphatic rings. The Kier molecular flexibility index (Phi) is 5.21. The van der Waals surface area contributed by atoms with Gasteiger partial charge in [0, 0.05) is 10.0 Å². The summed E-state index contributed by atoms with van der Waals surface area (Å²) in [6.45, 7) is 4.87. The molecule has 1 unspecified atom stereocenters. The van der Waals surface area contributed by atoms with Gasteiger partial charge in [-0.25, -0.2) is 0 Å². The quantitative estimate of drug-likeness (QED) is 0.868. The third kappa shape index (κ3) is 3.41. The van der Waals surface area contributed by atoms with Gasteiger partial charge in [0.1, 0.15) is 5.75 Å². The molecule has 0 amide bonds. The van der Waals surface area contributed by atoms with Crippen molar-refractivity contribution in [1.82, 2.24) is 0 Å². The first-order chi connectivity index (χ1) is 9.63. The van der Waals surface area contributed by atoms with Crippen LogP contribution in [0.4, 0.5) is 0 Å². The van der Waals surface area contributed by atoms with Gasteiger partial charge in [-0.2, -0.15) is 0 Å². The fourth-order valence-electron chi connectivity index (χ4n) is 2.13. The first kappa shape index (κ1) is 15.1. The van der Waals surface area contributed by atoms with Crippen LogP contribution in [0.15, 0.2) is 46.9 Å². The number of rotatable bonds is 5. The topological polar surface area (TPSA) is 35.2 Å². The highest BCUT2D eigenvalue weighted by molar-refractivity contribution is 9.10. The third-order valence-electron chi connectivity index (χ3n) is 3.21. The summed E-state index contributed by atoms with van der Waals surface area (Å²) in [6, 6.07) is 14.0. The summed E-state index contributed by atoms with van der Waals surface area (Å²) >= 11 is 3.60. The second kappa shape index (κ2) is 6.91. The van der Waals surface area contributed by atoms with E-state index in [0.29, 0.717) is 6.61 Å². The van der Waals surface area contributed by atoms with Gasteiger partial charge in [-0.15, -0.1) is 0 Å². The van der Waals surface area contributed by atoms with Gasteiger partial charge in [-0.05, 0) is 36.6 Å². The van der Waals surface area contributed by atoms with E-state index >= 15 is 0 Å². The van der Waals surface area contributed by atoms with Crippen molar-refractivity contribution in [3.05, 3.63) is 63.6 Å². The van der Waals surface area contributed by atoms with Gasteiger partial charge < -0.3 is 10.5 Å². The average Bonchev–Trinajstić information content (AvgIpc) is 2.45. The van der Waals surface area contributed by atoms with Gasteiger partial charge in [0.25, 0.3) is 0 Å². The molecule has 2 nitrogen and oxygen atoms in total. The van der Waals surface area contributed by atoms with Gasteiger partial charge in [0.2, 0.25) is 0 Å². The predicted molar refractivity (Wildman–Crippen MR) is 87.1 cm³/mol. The summed E-state index contributed by atoms with van der Waals surface area (Å²) in [4.78, 5) is 0. The molecule has 3 heteroatoms. The highest BCUT2D eigenvalue weighted by Gasteiger charge is 2.16. The minimum absolute atomic E-state index is 0.196. The van der Waals surface area contributed by atoms with E-state index in [1.54, 1.807) is 0 Å². The van der Waals surface area contributed by atoms with Crippen LogP contribution in [0, 0.1) is 6.92 Å². The van der Waals surface area contributed by atoms with Crippen LogP contribution in [-0.2, 0) is 0 Å². The van der Waals surface area contributed by atoms with Gasteiger partial charge in [0.05, 0.1) is 12.6 Å². The Morgan fingerprint density at radius 2 is 1.90 bits per heavy atom. The molecule has 0 radical (unpaired) electrons. The SMILES string of the molecule is CCCOc1ccccc1C(N)c1ccc(C)cc1Br. The van der Waals surface area contributed by atoms with Gasteiger partial charge in [0.15, 0.2) is 0 Å². The molecule has 0 fully saturated rings. The lowest BCUT2D eigenvalue weighted by molar-refractivity contribution is 0.313. The zero-order valence-electron chi connectivity index (χ0n) is 11.9. The molecule has 0 aromatic heterocycles. The van der Waals surface area contributed by atoms with E-state index in [9.17, 15) is 0 Å². The van der Waals surface area contributed by atoms with Crippen LogP contribution in [0.3, 0.4) is 0 Å². The molecule has 1 atom stereocenters. The van der Waals surface area contributed by atoms with Gasteiger partial charge in [-0.1, -0.05) is 53.2 Å². The third-order valence-corrected chi connectivity index (χ3v) is 3.89. The van der Waals surface area contributed by atoms with Crippen molar-refractivity contribution in [2.75, 3.05) is 6.61 Å². The van der Waals surface area contributed by atoms with Crippen LogP contribution in [0.1, 0.15) is 36.1 Å². The minimum atomic E-state index is -0.196. The first-order valence-corrected chi connectivity index (χ1v) is 7.66. The lowest BCUT2D eigenvalue weighted by Crippen LogP contribution is -2.14. The van der Waals surface area contributed by atoms with E-state index in [1.807, 2.05) is 24.3 Å². The summed E-state index contributed by atoms with van der Waals surface area (Å²) in [5, 5.41) is 0. The lowest BCUT2D eigenvalue weighted by Gasteiger charge is -2.18. The highest BCUT2D eigenvalue weighted by atomic mass is 79.9. The number of nitrogens with two attached hydrogens (primary N) is 1. The van der Waals surface area contributed by atoms with Crippen molar-refractivity contribution in [2.24, 2.45) is 5.73 Å². The number of hydrogen-bond acceptors (Lipinski definition) is 2. The molecule has 2 aromatic carbocycles. The normalized spacial score (nSPS) is 12.2. The molecule has 0 aliphatic heterocycles. The van der Waals surface area contributed by atoms with Crippen molar-refractivity contribution >= 4 is 15.9 Å². The summed E-state index contributed by atoms with van der Waals surface area (Å²) < 4.78 is 6.83. The van der Waals surface area contributed by atoms with E-state index in [-0.39, 0.29) is 6.04 Å². The van der Waals surface area contributed by atoms with Crippen molar-refractivity contribution in [3.63, 3.8) is 0 Å². The number of hydrogen-bond donors (Lipinski definition) is 1. The average molecular weight is 334 g/mol. The molecule has 106 valence electrons. The zero-order chi connectivity index (χ0) is 14.5. The van der Waals surface area contributed by atoms with Crippen LogP contribution in [0.5, 0.6) is 5.75 Å². The second-order valence-corrected chi connectivity index (χ2v) is 5.74. The molecule has 0 spiro atoms. The van der Waals surface area contributed by atoms with E-state index in [0.717, 1.165) is 27.8 Å². The Morgan fingerprint density at radius 3 is 2.60 bits per heavy atom. The van der Waals surface area contributed by atoms with E-state index < -0.39 is 0 Å². The number of aryl methyl sites for hydroxylation is 1. The van der Waals surface area contributed by atoms with Crippen LogP contribution in [0.25, 0.3) is 0 Å². The van der Waals surface area contributed by atoms with Gasteiger partial charge in [-0.3, -0.25) is 0 Å². The molecule has 2 rings (SSSR count). The van der Waals surface area contributed by atoms with Crippen LogP contribution in [-0.4, -0.2) is 6.61 Å². The van der Waals surface area contributed by atoms with Crippen molar-refractivity contribution in [1.29, 1.82) is 0 Å². The first-order valence-electron chi connectivity index (χ1n) is 6.86. The Bertz CT molecular complexity index is 583. The maximum Gasteiger partial charge on any atom is 0.124 e. The van der Waals surface area contributed by atoms with E-state index in [1.165, 1.54) is 5.56 Å². The number of ether oxygens (including phenoxy) is 1. The maximum absolute atomic E-state index is 6.43. The van der Waals surface area contributed by atoms with Crippen LogP contribution in [0.2, 0.25) is 0 Å². The Labute approximate surface area is 129 Å². The minimum Gasteiger partial charge on any atom is -0.493 e. The number of benzene rings is 2. The smallest absolute Gasteiger partial charge is 0.124 e. The number of para-hydroxylation sites is 1. The maximum atomic E-state index is 6.43. The summed E-state index contributed by atoms with van der Waals surface area (Å²) in [7, 11) is 0. The van der Waals surface area contributed by atoms with Crippen molar-refractivity contribution < 1.29 is 4.74 Å². The molecule has 0 saturated heterocycles. The van der Waals surface area contributed by atoms with Gasteiger partial charge >= 0.3 is 0 Å². The standard InChI is InChI=1S/C17H20BrNO/c1-3-10-20-16-7-5-4-6-14(16)17(19)13-9-8-12(2)11-15(13)18/h4-9,11,17H,3,10,19H2,1-2H3. The second-order valence-electron chi connectivity index (χ2n) is 4.89. The predicted octanol–water partition coefficient (Wildman–Crippen LogP) is 4.59. The molecule has 2 aromatic rings. The molecular weight excluding hydrogens is 314 g/mol. The summed E-state index contributed by atoms with van der Waals surface area (Å²) in [6.07, 6.45) is 0.984. The Hall–Kier alpha value is -1.32. The summed E-state index contributed by atoms with van der Waals surface area (Å²) in [5.74, 6) is 0.870. The van der Waals surface area contributed by atoms with Crippen LogP contribution < -0.4 is 10.5 Å². The van der Waals surface area contributed by atoms with E-state index in [2.05, 4.69) is 48.0 Å². The Balaban J connectivity index is 2.35. The Morgan fingerprint density at radius 1 is 1.15 bits per heavy atom. The number of halogens is 1. The largest absolute Gasteiger partial charge is 0.493 e. The van der Waals surface area contributed by atoms with Crippen molar-refractivity contribution in [3.8, 4) is 5.75 Å². The lowest BCUT2D eigenvalue weighted by atomic mass is 9.98. The highest BCUT2D eigenvalue weighted by Crippen LogP contribution is 2.32. The molecule has 0 aliphatic carbocycles. The molecule has 0 heterocycles. The molecule has 20 heavy (non-hydrogen) atoms. The zero-order valence-corrected chi connectivity index (χ0v) is 13.5. The monoisotopic (exact) mass is 333 g/mol. The van der Waals surface area contributed by atoms with E-state index in [4.69, 9.17) is 10.5 Å². The fraction of sp³-hybridized carbons (Fsp3) is 0.294. The fourth-order valence-corrected chi connectivity index (χ4v) is 2.87.